The number of fused-ring (bicyclic) bond motifs is 2. The van der Waals surface area contributed by atoms with Gasteiger partial charge in [0.2, 0.25) is 5.60 Å². The molecule has 0 saturated carbocycles. The van der Waals surface area contributed by atoms with Gasteiger partial charge in [-0.1, -0.05) is 11.6 Å². The molecule has 2 saturated heterocycles. The zero-order valence-electron chi connectivity index (χ0n) is 13.3. The normalized spacial score (nSPS) is 30.0. The molecule has 2 heterocycles. The maximum Gasteiger partial charge on any atom is 0.350 e. The Bertz CT molecular complexity index is 602. The highest BCUT2D eigenvalue weighted by molar-refractivity contribution is 6.30. The Morgan fingerprint density at radius 1 is 1.17 bits per heavy atom. The Morgan fingerprint density at radius 2 is 1.74 bits per heavy atom. The molecule has 23 heavy (non-hydrogen) atoms. The van der Waals surface area contributed by atoms with Crippen molar-refractivity contribution < 1.29 is 19.1 Å². The first-order valence-corrected chi connectivity index (χ1v) is 8.12. The van der Waals surface area contributed by atoms with Crippen molar-refractivity contribution in [2.24, 2.45) is 0 Å². The van der Waals surface area contributed by atoms with Crippen LogP contribution in [-0.4, -0.2) is 48.7 Å². The lowest BCUT2D eigenvalue weighted by Gasteiger charge is -2.42. The SMILES string of the molecule is COC(=O)C1(OC(=O)c2ccc(Cl)cc2)CC2CCC(C1)N2C. The van der Waals surface area contributed by atoms with E-state index < -0.39 is 17.5 Å². The number of methoxy groups -OCH3 is 1. The predicted octanol–water partition coefficient (Wildman–Crippen LogP) is 2.67. The van der Waals surface area contributed by atoms with Gasteiger partial charge in [-0.2, -0.15) is 0 Å². The topological polar surface area (TPSA) is 55.8 Å². The molecule has 0 aromatic heterocycles. The predicted molar refractivity (Wildman–Crippen MR) is 85.4 cm³/mol. The van der Waals surface area contributed by atoms with Gasteiger partial charge >= 0.3 is 11.9 Å². The van der Waals surface area contributed by atoms with E-state index >= 15 is 0 Å². The van der Waals surface area contributed by atoms with E-state index in [4.69, 9.17) is 21.1 Å². The van der Waals surface area contributed by atoms with Crippen molar-refractivity contribution in [2.45, 2.75) is 43.4 Å². The number of ether oxygens (including phenoxy) is 2. The van der Waals surface area contributed by atoms with Crippen molar-refractivity contribution >= 4 is 23.5 Å². The third-order valence-corrected chi connectivity index (χ3v) is 5.29. The minimum Gasteiger partial charge on any atom is -0.466 e. The number of hydrogen-bond acceptors (Lipinski definition) is 5. The van der Waals surface area contributed by atoms with Crippen molar-refractivity contribution in [1.29, 1.82) is 0 Å². The molecule has 2 aliphatic rings. The van der Waals surface area contributed by atoms with E-state index in [0.717, 1.165) is 12.8 Å². The summed E-state index contributed by atoms with van der Waals surface area (Å²) in [5, 5.41) is 0.543. The van der Waals surface area contributed by atoms with Crippen LogP contribution in [0.15, 0.2) is 24.3 Å². The summed E-state index contributed by atoms with van der Waals surface area (Å²) < 4.78 is 10.7. The summed E-state index contributed by atoms with van der Waals surface area (Å²) in [4.78, 5) is 27.1. The average Bonchev–Trinajstić information content (AvgIpc) is 2.76. The molecule has 1 aromatic rings. The van der Waals surface area contributed by atoms with Gasteiger partial charge in [0.25, 0.3) is 0 Å². The third kappa shape index (κ3) is 2.95. The van der Waals surface area contributed by atoms with Gasteiger partial charge in [-0.3, -0.25) is 0 Å². The number of halogens is 1. The van der Waals surface area contributed by atoms with Crippen LogP contribution in [0, 0.1) is 0 Å². The molecule has 124 valence electrons. The van der Waals surface area contributed by atoms with Gasteiger partial charge in [0.15, 0.2) is 0 Å². The quantitative estimate of drug-likeness (QED) is 0.794. The average molecular weight is 338 g/mol. The van der Waals surface area contributed by atoms with Crippen molar-refractivity contribution in [3.05, 3.63) is 34.9 Å². The van der Waals surface area contributed by atoms with Crippen LogP contribution >= 0.6 is 11.6 Å². The molecule has 2 aliphatic heterocycles. The fourth-order valence-electron chi connectivity index (χ4n) is 3.73. The summed E-state index contributed by atoms with van der Waals surface area (Å²) in [6, 6.07) is 6.93. The molecule has 5 nitrogen and oxygen atoms in total. The van der Waals surface area contributed by atoms with E-state index in [1.54, 1.807) is 24.3 Å². The monoisotopic (exact) mass is 337 g/mol. The Kier molecular flexibility index (Phi) is 4.34. The molecule has 0 N–H and O–H groups in total. The fraction of sp³-hybridized carbons (Fsp3) is 0.529. The van der Waals surface area contributed by atoms with Gasteiger partial charge in [-0.15, -0.1) is 0 Å². The maximum atomic E-state index is 12.5. The summed E-state index contributed by atoms with van der Waals surface area (Å²) in [6.07, 6.45) is 2.98. The van der Waals surface area contributed by atoms with E-state index in [1.807, 2.05) is 0 Å². The third-order valence-electron chi connectivity index (χ3n) is 5.04. The molecule has 6 heteroatoms. The molecule has 2 bridgehead atoms. The van der Waals surface area contributed by atoms with Gasteiger partial charge in [-0.25, -0.2) is 9.59 Å². The number of carbonyl (C=O) groups excluding carboxylic acids is 2. The largest absolute Gasteiger partial charge is 0.466 e. The van der Waals surface area contributed by atoms with E-state index in [1.165, 1.54) is 7.11 Å². The van der Waals surface area contributed by atoms with E-state index in [-0.39, 0.29) is 12.1 Å². The summed E-state index contributed by atoms with van der Waals surface area (Å²) in [5.41, 5.74) is -0.812. The molecule has 2 fully saturated rings. The van der Waals surface area contributed by atoms with E-state index in [9.17, 15) is 9.59 Å². The lowest BCUT2D eigenvalue weighted by atomic mass is 9.86. The Labute approximate surface area is 140 Å². The first-order valence-electron chi connectivity index (χ1n) is 7.74. The van der Waals surface area contributed by atoms with Gasteiger partial charge in [0.1, 0.15) is 0 Å². The second-order valence-corrected chi connectivity index (χ2v) is 6.78. The van der Waals surface area contributed by atoms with Crippen LogP contribution < -0.4 is 0 Å². The van der Waals surface area contributed by atoms with Crippen LogP contribution in [0.4, 0.5) is 0 Å². The Hall–Kier alpha value is -1.59. The smallest absolute Gasteiger partial charge is 0.350 e. The van der Waals surface area contributed by atoms with Crippen molar-refractivity contribution in [1.82, 2.24) is 4.90 Å². The van der Waals surface area contributed by atoms with Crippen LogP contribution in [0.5, 0.6) is 0 Å². The van der Waals surface area contributed by atoms with Crippen LogP contribution in [0.25, 0.3) is 0 Å². The first-order chi connectivity index (χ1) is 10.9. The molecule has 0 aliphatic carbocycles. The minimum atomic E-state index is -1.19. The van der Waals surface area contributed by atoms with Crippen LogP contribution in [0.2, 0.25) is 5.02 Å². The number of hydrogen-bond donors (Lipinski definition) is 0. The van der Waals surface area contributed by atoms with Gasteiger partial charge in [-0.05, 0) is 44.2 Å². The minimum absolute atomic E-state index is 0.242. The first kappa shape index (κ1) is 16.3. The second-order valence-electron chi connectivity index (χ2n) is 6.34. The lowest BCUT2D eigenvalue weighted by molar-refractivity contribution is -0.171. The molecular weight excluding hydrogens is 318 g/mol. The molecule has 2 unspecified atom stereocenters. The van der Waals surface area contributed by atoms with Crippen molar-refractivity contribution in [3.8, 4) is 0 Å². The molecule has 3 rings (SSSR count). The standard InChI is InChI=1S/C17H20ClNO4/c1-19-13-7-8-14(19)10-17(9-13,16(21)22-2)23-15(20)11-3-5-12(18)6-4-11/h3-6,13-14H,7-10H2,1-2H3. The molecule has 0 radical (unpaired) electrons. The number of esters is 2. The number of piperidine rings is 1. The van der Waals surface area contributed by atoms with Gasteiger partial charge in [0.05, 0.1) is 12.7 Å². The summed E-state index contributed by atoms with van der Waals surface area (Å²) in [7, 11) is 3.39. The second kappa shape index (κ2) is 6.13. The van der Waals surface area contributed by atoms with Crippen LogP contribution in [0.3, 0.4) is 0 Å². The van der Waals surface area contributed by atoms with E-state index in [2.05, 4.69) is 11.9 Å². The number of carbonyl (C=O) groups is 2. The number of benzene rings is 1. The van der Waals surface area contributed by atoms with Gasteiger partial charge in [0, 0.05) is 29.9 Å². The van der Waals surface area contributed by atoms with Crippen molar-refractivity contribution in [2.75, 3.05) is 14.2 Å². The zero-order chi connectivity index (χ0) is 16.6. The number of rotatable bonds is 3. The Morgan fingerprint density at radius 3 is 2.26 bits per heavy atom. The highest BCUT2D eigenvalue weighted by atomic mass is 35.5. The molecule has 1 aromatic carbocycles. The molecular formula is C17H20ClNO4. The van der Waals surface area contributed by atoms with Crippen molar-refractivity contribution in [3.63, 3.8) is 0 Å². The summed E-state index contributed by atoms with van der Waals surface area (Å²) in [5.74, 6) is -0.985. The maximum absolute atomic E-state index is 12.5. The van der Waals surface area contributed by atoms with Gasteiger partial charge < -0.3 is 14.4 Å². The summed E-state index contributed by atoms with van der Waals surface area (Å²) in [6.45, 7) is 0. The molecule has 0 amide bonds. The number of nitrogens with zero attached hydrogens (tertiary/aromatic N) is 1. The molecule has 0 spiro atoms. The van der Waals surface area contributed by atoms with Crippen LogP contribution in [-0.2, 0) is 14.3 Å². The molecule has 2 atom stereocenters. The highest BCUT2D eigenvalue weighted by Gasteiger charge is 2.54. The highest BCUT2D eigenvalue weighted by Crippen LogP contribution is 2.42. The zero-order valence-corrected chi connectivity index (χ0v) is 14.0. The fourth-order valence-corrected chi connectivity index (χ4v) is 3.85. The summed E-state index contributed by atoms with van der Waals surface area (Å²) >= 11 is 5.84. The lowest BCUT2D eigenvalue weighted by Crippen LogP contribution is -2.56. The van der Waals surface area contributed by atoms with E-state index in [0.29, 0.717) is 23.4 Å². The van der Waals surface area contributed by atoms with Crippen LogP contribution in [0.1, 0.15) is 36.0 Å². The Balaban J connectivity index is 1.84.